The molecule has 1 aliphatic rings. The molecule has 0 saturated heterocycles. The molecule has 4 heterocycles. The molecule has 20 aromatic rings. The van der Waals surface area contributed by atoms with Crippen LogP contribution in [-0.4, -0.2) is 19.9 Å². The summed E-state index contributed by atoms with van der Waals surface area (Å²) in [5.41, 5.74) is 24.8. The minimum atomic E-state index is -0.159. The number of nitrogens with zero attached hydrogens (tertiary/aromatic N) is 6. The Morgan fingerprint density at radius 3 is 1.02 bits per heavy atom. The molecule has 0 N–H and O–H groups in total. The van der Waals surface area contributed by atoms with Crippen LogP contribution in [0.3, 0.4) is 0 Å². The van der Waals surface area contributed by atoms with Gasteiger partial charge in [-0.05, 0) is 186 Å². The highest BCUT2D eigenvalue weighted by Crippen LogP contribution is 2.51. The molecule has 0 bridgehead atoms. The van der Waals surface area contributed by atoms with E-state index in [9.17, 15) is 0 Å². The molecular formula is C99H66N6O2. The molecule has 0 spiro atoms. The van der Waals surface area contributed by atoms with Crippen LogP contribution in [0, 0.1) is 0 Å². The number of fused-ring (bicyclic) bond motifs is 13. The Morgan fingerprint density at radius 1 is 0.234 bits per heavy atom. The summed E-state index contributed by atoms with van der Waals surface area (Å²) in [5, 5.41) is 11.1. The van der Waals surface area contributed by atoms with E-state index >= 15 is 0 Å². The third kappa shape index (κ3) is 11.2. The third-order valence-corrected chi connectivity index (χ3v) is 21.3. The Labute approximate surface area is 618 Å². The number of anilines is 6. The monoisotopic (exact) mass is 1370 g/mol. The predicted molar refractivity (Wildman–Crippen MR) is 443 cm³/mol. The average molecular weight is 1370 g/mol. The summed E-state index contributed by atoms with van der Waals surface area (Å²) >= 11 is 0. The number of furan rings is 2. The molecule has 21 rings (SSSR count). The highest BCUT2D eigenvalue weighted by atomic mass is 16.3. The lowest BCUT2D eigenvalue weighted by molar-refractivity contribution is 0.660. The van der Waals surface area contributed by atoms with Gasteiger partial charge in [-0.2, -0.15) is 0 Å². The maximum atomic E-state index is 6.53. The van der Waals surface area contributed by atoms with Crippen molar-refractivity contribution in [1.82, 2.24) is 19.9 Å². The second-order valence-electron chi connectivity index (χ2n) is 28.1. The van der Waals surface area contributed by atoms with E-state index in [1.165, 1.54) is 49.7 Å². The van der Waals surface area contributed by atoms with E-state index in [-0.39, 0.29) is 5.41 Å². The van der Waals surface area contributed by atoms with Crippen LogP contribution in [0.4, 0.5) is 34.6 Å². The molecule has 8 nitrogen and oxygen atoms in total. The maximum absolute atomic E-state index is 6.53. The van der Waals surface area contributed by atoms with Gasteiger partial charge in [-0.25, -0.2) is 19.9 Å². The number of hydrogen-bond donors (Lipinski definition) is 0. The standard InChI is InChI=1S/C51H35N3O.C48H31N3O/c1-51(2)44-18-10-8-16-39(44)40-27-25-38(31-45(40)51)54(37-23-20-33(21-24-37)32-12-4-3-5-13-32)50-52-46-19-11-9-17-42(46)49(53-50)36-22-26-41-43-28-34-14-6-7-15-35(34)29-48(43)55-47(41)30-36;1-3-11-32(12-4-1)34-19-24-39(25-20-34)51(40-26-21-35(22-27-40)33-13-5-2-6-14-33)48-49-44-18-10-9-17-42(44)47(50-48)38-23-28-41-43-29-36-15-7-8-16-37(36)30-46(43)52-45(41)31-38/h3-31H,1-2H3;1-31H. The van der Waals surface area contributed by atoms with Gasteiger partial charge >= 0.3 is 0 Å². The van der Waals surface area contributed by atoms with Crippen molar-refractivity contribution in [2.75, 3.05) is 9.80 Å². The predicted octanol–water partition coefficient (Wildman–Crippen LogP) is 26.9. The Morgan fingerprint density at radius 2 is 0.570 bits per heavy atom. The molecular weight excluding hydrogens is 1310 g/mol. The number of benzene rings is 16. The van der Waals surface area contributed by atoms with E-state index < -0.39 is 0 Å². The lowest BCUT2D eigenvalue weighted by Gasteiger charge is -2.27. The summed E-state index contributed by atoms with van der Waals surface area (Å²) in [6.45, 7) is 4.64. The first-order valence-electron chi connectivity index (χ1n) is 36.3. The molecule has 0 amide bonds. The maximum Gasteiger partial charge on any atom is 0.235 e. The fourth-order valence-corrected chi connectivity index (χ4v) is 15.9. The van der Waals surface area contributed by atoms with Gasteiger partial charge < -0.3 is 8.83 Å². The molecule has 0 aliphatic heterocycles. The SMILES string of the molecule is CC1(C)c2ccccc2-c2ccc(N(c3ccc(-c4ccccc4)cc3)c3nc(-c4ccc5c(c4)oc4cc6ccccc6cc45)c4ccccc4n3)cc21.c1ccc(-c2ccc(N(c3ccc(-c4ccccc4)cc3)c3nc(-c4ccc5c(c4)oc4cc6ccccc6cc45)c4ccccc4n3)cc2)cc1. The summed E-state index contributed by atoms with van der Waals surface area (Å²) in [7, 11) is 0. The van der Waals surface area contributed by atoms with E-state index in [0.717, 1.165) is 138 Å². The Balaban J connectivity index is 0.000000142. The molecule has 1 aliphatic carbocycles. The van der Waals surface area contributed by atoms with Crippen LogP contribution in [0.25, 0.3) is 154 Å². The van der Waals surface area contributed by atoms with E-state index in [1.807, 2.05) is 30.3 Å². The van der Waals surface area contributed by atoms with Crippen LogP contribution in [-0.2, 0) is 5.41 Å². The molecule has 4 aromatic heterocycles. The van der Waals surface area contributed by atoms with Crippen molar-refractivity contribution in [2.45, 2.75) is 19.3 Å². The molecule has 504 valence electrons. The van der Waals surface area contributed by atoms with Crippen LogP contribution in [0.15, 0.2) is 373 Å². The van der Waals surface area contributed by atoms with Crippen molar-refractivity contribution in [3.63, 3.8) is 0 Å². The normalized spacial score (nSPS) is 12.3. The molecule has 107 heavy (non-hydrogen) atoms. The second-order valence-corrected chi connectivity index (χ2v) is 28.1. The lowest BCUT2D eigenvalue weighted by atomic mass is 9.82. The van der Waals surface area contributed by atoms with E-state index in [0.29, 0.717) is 11.9 Å². The van der Waals surface area contributed by atoms with Gasteiger partial charge in [0, 0.05) is 71.6 Å². The molecule has 0 unspecified atom stereocenters. The first-order chi connectivity index (χ1) is 52.7. The highest BCUT2D eigenvalue weighted by molar-refractivity contribution is 6.13. The van der Waals surface area contributed by atoms with Gasteiger partial charge in [0.15, 0.2) is 0 Å². The summed E-state index contributed by atoms with van der Waals surface area (Å²) in [5.74, 6) is 1.19. The zero-order chi connectivity index (χ0) is 71.1. The van der Waals surface area contributed by atoms with E-state index in [1.54, 1.807) is 0 Å². The lowest BCUT2D eigenvalue weighted by Crippen LogP contribution is -2.17. The van der Waals surface area contributed by atoms with E-state index in [4.69, 9.17) is 28.8 Å². The van der Waals surface area contributed by atoms with Gasteiger partial charge in [0.05, 0.1) is 22.4 Å². The van der Waals surface area contributed by atoms with Crippen LogP contribution >= 0.6 is 0 Å². The van der Waals surface area contributed by atoms with Crippen molar-refractivity contribution in [3.05, 3.63) is 375 Å². The third-order valence-electron chi connectivity index (χ3n) is 21.3. The highest BCUT2D eigenvalue weighted by Gasteiger charge is 2.36. The largest absolute Gasteiger partial charge is 0.456 e. The quantitative estimate of drug-likeness (QED) is 0.127. The van der Waals surface area contributed by atoms with Crippen molar-refractivity contribution >= 4 is 122 Å². The summed E-state index contributed by atoms with van der Waals surface area (Å²) in [4.78, 5) is 25.6. The van der Waals surface area contributed by atoms with Crippen molar-refractivity contribution in [1.29, 1.82) is 0 Å². The summed E-state index contributed by atoms with van der Waals surface area (Å²) < 4.78 is 13.0. The first kappa shape index (κ1) is 62.7. The van der Waals surface area contributed by atoms with E-state index in [2.05, 4.69) is 357 Å². The molecule has 0 radical (unpaired) electrons. The van der Waals surface area contributed by atoms with Crippen molar-refractivity contribution in [3.8, 4) is 67.0 Å². The Hall–Kier alpha value is -14.1. The van der Waals surface area contributed by atoms with Crippen molar-refractivity contribution in [2.24, 2.45) is 0 Å². The van der Waals surface area contributed by atoms with Gasteiger partial charge in [-0.1, -0.05) is 269 Å². The Kier molecular flexibility index (Phi) is 15.1. The number of aromatic nitrogens is 4. The minimum Gasteiger partial charge on any atom is -0.456 e. The van der Waals surface area contributed by atoms with Crippen LogP contribution < -0.4 is 9.80 Å². The fourth-order valence-electron chi connectivity index (χ4n) is 15.9. The number of para-hydroxylation sites is 2. The first-order valence-corrected chi connectivity index (χ1v) is 36.3. The van der Waals surface area contributed by atoms with Crippen LogP contribution in [0.2, 0.25) is 0 Å². The average Bonchev–Trinajstić information content (AvgIpc) is 1.64. The van der Waals surface area contributed by atoms with Gasteiger partial charge in [0.2, 0.25) is 11.9 Å². The topological polar surface area (TPSA) is 84.3 Å². The number of rotatable bonds is 11. The Bertz CT molecular complexity index is 6750. The smallest absolute Gasteiger partial charge is 0.235 e. The fraction of sp³-hybridized carbons (Fsp3) is 0.0303. The van der Waals surface area contributed by atoms with Gasteiger partial charge in [0.25, 0.3) is 0 Å². The van der Waals surface area contributed by atoms with Gasteiger partial charge in [-0.3, -0.25) is 9.80 Å². The van der Waals surface area contributed by atoms with Crippen molar-refractivity contribution < 1.29 is 8.83 Å². The summed E-state index contributed by atoms with van der Waals surface area (Å²) in [6.07, 6.45) is 0. The molecule has 8 heteroatoms. The molecule has 0 saturated carbocycles. The van der Waals surface area contributed by atoms with Gasteiger partial charge in [-0.15, -0.1) is 0 Å². The summed E-state index contributed by atoms with van der Waals surface area (Å²) in [6, 6.07) is 128. The minimum absolute atomic E-state index is 0.159. The molecule has 0 atom stereocenters. The molecule has 0 fully saturated rings. The number of hydrogen-bond acceptors (Lipinski definition) is 8. The van der Waals surface area contributed by atoms with Crippen LogP contribution in [0.5, 0.6) is 0 Å². The van der Waals surface area contributed by atoms with Gasteiger partial charge in [0.1, 0.15) is 22.3 Å². The molecule has 16 aromatic carbocycles. The zero-order valence-corrected chi connectivity index (χ0v) is 58.6. The second kappa shape index (κ2) is 25.7. The zero-order valence-electron chi connectivity index (χ0n) is 58.6. The van der Waals surface area contributed by atoms with Crippen LogP contribution in [0.1, 0.15) is 25.0 Å².